The van der Waals surface area contributed by atoms with Crippen LogP contribution in [0.15, 0.2) is 0 Å². The Morgan fingerprint density at radius 1 is 1.44 bits per heavy atom. The zero-order valence-electron chi connectivity index (χ0n) is 10.4. The van der Waals surface area contributed by atoms with Crippen LogP contribution in [-0.4, -0.2) is 29.4 Å². The molecule has 1 aliphatic heterocycles. The fourth-order valence-electron chi connectivity index (χ4n) is 2.36. The Balaban J connectivity index is 0.00000225. The van der Waals surface area contributed by atoms with Gasteiger partial charge in [0.25, 0.3) is 0 Å². The lowest BCUT2D eigenvalue weighted by atomic mass is 9.98. The normalized spacial score (nSPS) is 22.4. The molecule has 1 fully saturated rings. The van der Waals surface area contributed by atoms with Gasteiger partial charge in [0.15, 0.2) is 0 Å². The Hall–Kier alpha value is -0.280. The Kier molecular flexibility index (Phi) is 7.77. The van der Waals surface area contributed by atoms with Gasteiger partial charge in [0.2, 0.25) is 5.91 Å². The zero-order valence-corrected chi connectivity index (χ0v) is 11.3. The molecular formula is C12H25ClN2O. The number of carbonyl (C=O) groups excluding carboxylic acids is 1. The maximum absolute atomic E-state index is 12.1. The first-order chi connectivity index (χ1) is 7.20. The topological polar surface area (TPSA) is 46.3 Å². The van der Waals surface area contributed by atoms with Gasteiger partial charge in [0, 0.05) is 12.6 Å². The Morgan fingerprint density at radius 2 is 2.12 bits per heavy atom. The molecule has 0 bridgehead atoms. The number of hydrogen-bond acceptors (Lipinski definition) is 2. The van der Waals surface area contributed by atoms with Gasteiger partial charge < -0.3 is 10.6 Å². The quantitative estimate of drug-likeness (QED) is 0.830. The maximum atomic E-state index is 12.1. The van der Waals surface area contributed by atoms with Gasteiger partial charge in [0.05, 0.1) is 6.04 Å². The van der Waals surface area contributed by atoms with E-state index in [-0.39, 0.29) is 24.4 Å². The van der Waals surface area contributed by atoms with Crippen LogP contribution < -0.4 is 5.73 Å². The summed E-state index contributed by atoms with van der Waals surface area (Å²) in [5, 5.41) is 0. The third-order valence-corrected chi connectivity index (χ3v) is 3.30. The average molecular weight is 249 g/mol. The minimum atomic E-state index is -0.276. The largest absolute Gasteiger partial charge is 0.338 e. The second-order valence-corrected chi connectivity index (χ2v) is 4.48. The van der Waals surface area contributed by atoms with E-state index < -0.39 is 0 Å². The molecule has 0 aromatic rings. The summed E-state index contributed by atoms with van der Waals surface area (Å²) in [6.45, 7) is 5.14. The number of nitrogens with zero attached hydrogens (tertiary/aromatic N) is 1. The molecule has 0 aliphatic carbocycles. The van der Waals surface area contributed by atoms with Gasteiger partial charge in [0.1, 0.15) is 0 Å². The molecule has 16 heavy (non-hydrogen) atoms. The van der Waals surface area contributed by atoms with Gasteiger partial charge >= 0.3 is 0 Å². The summed E-state index contributed by atoms with van der Waals surface area (Å²) in [5.41, 5.74) is 5.88. The van der Waals surface area contributed by atoms with Gasteiger partial charge in [-0.25, -0.2) is 0 Å². The highest BCUT2D eigenvalue weighted by Gasteiger charge is 2.28. The van der Waals surface area contributed by atoms with Crippen LogP contribution in [0.5, 0.6) is 0 Å². The van der Waals surface area contributed by atoms with Crippen LogP contribution >= 0.6 is 12.4 Å². The van der Waals surface area contributed by atoms with Gasteiger partial charge in [-0.2, -0.15) is 0 Å². The summed E-state index contributed by atoms with van der Waals surface area (Å²) < 4.78 is 0. The molecule has 3 nitrogen and oxygen atoms in total. The maximum Gasteiger partial charge on any atom is 0.239 e. The van der Waals surface area contributed by atoms with E-state index >= 15 is 0 Å². The van der Waals surface area contributed by atoms with Crippen molar-refractivity contribution in [2.24, 2.45) is 5.73 Å². The van der Waals surface area contributed by atoms with Crippen molar-refractivity contribution in [2.45, 2.75) is 64.5 Å². The summed E-state index contributed by atoms with van der Waals surface area (Å²) in [4.78, 5) is 14.1. The molecule has 0 radical (unpaired) electrons. The molecule has 0 spiro atoms. The summed E-state index contributed by atoms with van der Waals surface area (Å²) in [6, 6.07) is 0.163. The first-order valence-electron chi connectivity index (χ1n) is 6.26. The van der Waals surface area contributed by atoms with E-state index in [1.807, 2.05) is 4.90 Å². The number of rotatable bonds is 4. The van der Waals surface area contributed by atoms with E-state index in [0.29, 0.717) is 6.04 Å². The number of likely N-dealkylation sites (tertiary alicyclic amines) is 1. The van der Waals surface area contributed by atoms with Crippen LogP contribution in [0.25, 0.3) is 0 Å². The lowest BCUT2D eigenvalue weighted by Gasteiger charge is -2.36. The highest BCUT2D eigenvalue weighted by atomic mass is 35.5. The third kappa shape index (κ3) is 3.95. The van der Waals surface area contributed by atoms with Gasteiger partial charge in [-0.15, -0.1) is 12.4 Å². The highest BCUT2D eigenvalue weighted by molar-refractivity contribution is 5.85. The summed E-state index contributed by atoms with van der Waals surface area (Å²) in [6.07, 6.45) is 6.40. The predicted octanol–water partition coefficient (Wildman–Crippen LogP) is 2.33. The van der Waals surface area contributed by atoms with Crippen LogP contribution in [0.3, 0.4) is 0 Å². The van der Waals surface area contributed by atoms with Crippen molar-refractivity contribution >= 4 is 18.3 Å². The monoisotopic (exact) mass is 248 g/mol. The molecule has 1 amide bonds. The number of halogens is 1. The van der Waals surface area contributed by atoms with Crippen LogP contribution in [0.2, 0.25) is 0 Å². The second kappa shape index (κ2) is 7.91. The molecule has 1 rings (SSSR count). The van der Waals surface area contributed by atoms with Crippen LogP contribution in [0, 0.1) is 0 Å². The molecule has 0 aromatic heterocycles. The summed E-state index contributed by atoms with van der Waals surface area (Å²) in [7, 11) is 0. The third-order valence-electron chi connectivity index (χ3n) is 3.30. The van der Waals surface area contributed by atoms with Crippen molar-refractivity contribution in [2.75, 3.05) is 6.54 Å². The minimum absolute atomic E-state index is 0. The minimum Gasteiger partial charge on any atom is -0.338 e. The Morgan fingerprint density at radius 3 is 2.69 bits per heavy atom. The van der Waals surface area contributed by atoms with Crippen molar-refractivity contribution in [1.82, 2.24) is 4.90 Å². The molecular weight excluding hydrogens is 224 g/mol. The van der Waals surface area contributed by atoms with Crippen molar-refractivity contribution in [3.8, 4) is 0 Å². The molecule has 1 saturated heterocycles. The number of piperidine rings is 1. The fraction of sp³-hybridized carbons (Fsp3) is 0.917. The van der Waals surface area contributed by atoms with E-state index in [2.05, 4.69) is 13.8 Å². The van der Waals surface area contributed by atoms with Crippen molar-refractivity contribution < 1.29 is 4.79 Å². The molecule has 1 heterocycles. The van der Waals surface area contributed by atoms with Crippen LogP contribution in [-0.2, 0) is 4.79 Å². The Bertz CT molecular complexity index is 211. The molecule has 0 saturated carbocycles. The fourth-order valence-corrected chi connectivity index (χ4v) is 2.36. The van der Waals surface area contributed by atoms with E-state index in [1.165, 1.54) is 6.42 Å². The van der Waals surface area contributed by atoms with Crippen molar-refractivity contribution in [3.05, 3.63) is 0 Å². The van der Waals surface area contributed by atoms with E-state index in [0.717, 1.165) is 38.6 Å². The molecule has 2 atom stereocenters. The summed E-state index contributed by atoms with van der Waals surface area (Å²) in [5.74, 6) is 0.170. The summed E-state index contributed by atoms with van der Waals surface area (Å²) >= 11 is 0. The smallest absolute Gasteiger partial charge is 0.239 e. The number of hydrogen-bond donors (Lipinski definition) is 1. The molecule has 0 aromatic carbocycles. The van der Waals surface area contributed by atoms with E-state index in [9.17, 15) is 4.79 Å². The number of amides is 1. The molecule has 4 heteroatoms. The first-order valence-corrected chi connectivity index (χ1v) is 6.26. The lowest BCUT2D eigenvalue weighted by Crippen LogP contribution is -2.50. The average Bonchev–Trinajstić information content (AvgIpc) is 2.28. The predicted molar refractivity (Wildman–Crippen MR) is 69.8 cm³/mol. The molecule has 2 unspecified atom stereocenters. The van der Waals surface area contributed by atoms with Crippen LogP contribution in [0.1, 0.15) is 52.4 Å². The van der Waals surface area contributed by atoms with Crippen LogP contribution in [0.4, 0.5) is 0 Å². The molecule has 1 aliphatic rings. The molecule has 96 valence electrons. The van der Waals surface area contributed by atoms with Gasteiger partial charge in [-0.05, 0) is 32.1 Å². The standard InChI is InChI=1S/C12H24N2O.ClH/c1-3-7-11(13)12(15)14-9-6-5-8-10(14)4-2;/h10-11H,3-9,13H2,1-2H3;1H. The van der Waals surface area contributed by atoms with Crippen molar-refractivity contribution in [3.63, 3.8) is 0 Å². The van der Waals surface area contributed by atoms with Gasteiger partial charge in [-0.3, -0.25) is 4.79 Å². The van der Waals surface area contributed by atoms with Gasteiger partial charge in [-0.1, -0.05) is 20.3 Å². The zero-order chi connectivity index (χ0) is 11.3. The first kappa shape index (κ1) is 15.7. The van der Waals surface area contributed by atoms with E-state index in [4.69, 9.17) is 5.73 Å². The SMILES string of the molecule is CCCC(N)C(=O)N1CCCCC1CC.Cl. The highest BCUT2D eigenvalue weighted by Crippen LogP contribution is 2.20. The second-order valence-electron chi connectivity index (χ2n) is 4.48. The number of carbonyl (C=O) groups is 1. The van der Waals surface area contributed by atoms with E-state index in [1.54, 1.807) is 0 Å². The lowest BCUT2D eigenvalue weighted by molar-refractivity contribution is -0.136. The number of nitrogens with two attached hydrogens (primary N) is 1. The molecule has 2 N–H and O–H groups in total. The Labute approximate surface area is 105 Å². The van der Waals surface area contributed by atoms with Crippen molar-refractivity contribution in [1.29, 1.82) is 0 Å².